The first-order valence-electron chi connectivity index (χ1n) is 11.7. The average Bonchev–Trinajstić information content (AvgIpc) is 2.80. The number of pyridine rings is 1. The van der Waals surface area contributed by atoms with Crippen LogP contribution >= 0.6 is 15.9 Å². The SMILES string of the molecule is CCc1ccc(-c2cc(C(=O)N[C@@H](C)CN3CCC(C)CC3)c3cc(Br)ccc3n2)cc1. The van der Waals surface area contributed by atoms with Crippen LogP contribution in [0.25, 0.3) is 22.2 Å². The predicted octanol–water partition coefficient (Wildman–Crippen LogP) is 6.08. The van der Waals surface area contributed by atoms with Gasteiger partial charge in [-0.3, -0.25) is 4.79 Å². The molecule has 2 heterocycles. The van der Waals surface area contributed by atoms with E-state index in [9.17, 15) is 4.79 Å². The molecule has 3 aromatic rings. The maximum atomic E-state index is 13.4. The van der Waals surface area contributed by atoms with E-state index in [2.05, 4.69) is 71.2 Å². The van der Waals surface area contributed by atoms with Gasteiger partial charge in [-0.2, -0.15) is 0 Å². The molecule has 1 N–H and O–H groups in total. The van der Waals surface area contributed by atoms with Crippen molar-refractivity contribution in [3.63, 3.8) is 0 Å². The Hall–Kier alpha value is -2.24. The van der Waals surface area contributed by atoms with Crippen LogP contribution in [0.4, 0.5) is 0 Å². The van der Waals surface area contributed by atoms with Crippen LogP contribution in [0.3, 0.4) is 0 Å². The number of fused-ring (bicyclic) bond motifs is 1. The van der Waals surface area contributed by atoms with E-state index >= 15 is 0 Å². The molecular weight excluding hydrogens is 462 g/mol. The molecule has 32 heavy (non-hydrogen) atoms. The zero-order chi connectivity index (χ0) is 22.7. The Morgan fingerprint density at radius 2 is 1.88 bits per heavy atom. The number of likely N-dealkylation sites (tertiary alicyclic amines) is 1. The van der Waals surface area contributed by atoms with E-state index in [0.29, 0.717) is 5.56 Å². The molecule has 1 aromatic heterocycles. The van der Waals surface area contributed by atoms with E-state index < -0.39 is 0 Å². The number of hydrogen-bond donors (Lipinski definition) is 1. The summed E-state index contributed by atoms with van der Waals surface area (Å²) < 4.78 is 0.941. The summed E-state index contributed by atoms with van der Waals surface area (Å²) >= 11 is 3.55. The normalized spacial score (nSPS) is 16.2. The minimum atomic E-state index is -0.0418. The standard InChI is InChI=1S/C27H32BrN3O/c1-4-20-5-7-21(8-6-20)26-16-24(23-15-22(28)9-10-25(23)30-26)27(32)29-19(3)17-31-13-11-18(2)12-14-31/h5-10,15-16,18-19H,4,11-14,17H2,1-3H3,(H,29,32)/t19-/m0/s1. The van der Waals surface area contributed by atoms with E-state index in [1.54, 1.807) is 0 Å². The molecule has 1 amide bonds. The Morgan fingerprint density at radius 3 is 2.56 bits per heavy atom. The number of halogens is 1. The van der Waals surface area contributed by atoms with Crippen molar-refractivity contribution < 1.29 is 4.79 Å². The lowest BCUT2D eigenvalue weighted by atomic mass is 9.99. The summed E-state index contributed by atoms with van der Waals surface area (Å²) in [4.78, 5) is 20.7. The van der Waals surface area contributed by atoms with Gasteiger partial charge in [-0.1, -0.05) is 54.0 Å². The smallest absolute Gasteiger partial charge is 0.252 e. The Morgan fingerprint density at radius 1 is 1.16 bits per heavy atom. The second kappa shape index (κ2) is 10.1. The number of piperidine rings is 1. The number of aromatic nitrogens is 1. The lowest BCUT2D eigenvalue weighted by molar-refractivity contribution is 0.0923. The fourth-order valence-corrected chi connectivity index (χ4v) is 4.79. The van der Waals surface area contributed by atoms with Gasteiger partial charge in [0, 0.05) is 28.0 Å². The van der Waals surface area contributed by atoms with Gasteiger partial charge in [0.1, 0.15) is 0 Å². The molecule has 0 radical (unpaired) electrons. The molecule has 5 heteroatoms. The Kier molecular flexibility index (Phi) is 7.27. The summed E-state index contributed by atoms with van der Waals surface area (Å²) in [6.07, 6.45) is 3.48. The van der Waals surface area contributed by atoms with Crippen LogP contribution in [0.15, 0.2) is 53.0 Å². The van der Waals surface area contributed by atoms with Crippen molar-refractivity contribution in [2.45, 2.75) is 46.1 Å². The second-order valence-corrected chi connectivity index (χ2v) is 10.0. The van der Waals surface area contributed by atoms with Crippen molar-refractivity contribution in [2.75, 3.05) is 19.6 Å². The lowest BCUT2D eigenvalue weighted by Crippen LogP contribution is -2.44. The molecule has 2 aromatic carbocycles. The van der Waals surface area contributed by atoms with Gasteiger partial charge >= 0.3 is 0 Å². The molecule has 1 atom stereocenters. The highest BCUT2D eigenvalue weighted by atomic mass is 79.9. The molecule has 1 aliphatic heterocycles. The Bertz CT molecular complexity index is 1090. The van der Waals surface area contributed by atoms with Crippen molar-refractivity contribution in [1.29, 1.82) is 0 Å². The number of amides is 1. The van der Waals surface area contributed by atoms with Crippen molar-refractivity contribution in [1.82, 2.24) is 15.2 Å². The zero-order valence-corrected chi connectivity index (χ0v) is 20.8. The van der Waals surface area contributed by atoms with Gasteiger partial charge in [0.05, 0.1) is 16.8 Å². The third-order valence-corrected chi connectivity index (χ3v) is 6.95. The number of benzene rings is 2. The second-order valence-electron chi connectivity index (χ2n) is 9.12. The van der Waals surface area contributed by atoms with Crippen LogP contribution in [0, 0.1) is 5.92 Å². The van der Waals surface area contributed by atoms with E-state index in [1.165, 1.54) is 18.4 Å². The molecule has 0 spiro atoms. The zero-order valence-electron chi connectivity index (χ0n) is 19.2. The van der Waals surface area contributed by atoms with E-state index in [4.69, 9.17) is 4.98 Å². The van der Waals surface area contributed by atoms with Gasteiger partial charge in [0.15, 0.2) is 0 Å². The number of hydrogen-bond acceptors (Lipinski definition) is 3. The lowest BCUT2D eigenvalue weighted by Gasteiger charge is -2.32. The van der Waals surface area contributed by atoms with Crippen LogP contribution in [0.2, 0.25) is 0 Å². The summed E-state index contributed by atoms with van der Waals surface area (Å²) in [5.41, 5.74) is 4.64. The largest absolute Gasteiger partial charge is 0.348 e. The molecule has 4 rings (SSSR count). The van der Waals surface area contributed by atoms with Crippen LogP contribution in [0.1, 0.15) is 49.5 Å². The molecule has 0 aliphatic carbocycles. The number of nitrogens with zero attached hydrogens (tertiary/aromatic N) is 2. The number of rotatable bonds is 6. The maximum absolute atomic E-state index is 13.4. The Labute approximate surface area is 199 Å². The summed E-state index contributed by atoms with van der Waals surface area (Å²) in [5.74, 6) is 0.766. The molecular formula is C27H32BrN3O. The highest BCUT2D eigenvalue weighted by molar-refractivity contribution is 9.10. The van der Waals surface area contributed by atoms with Gasteiger partial charge in [-0.25, -0.2) is 4.98 Å². The van der Waals surface area contributed by atoms with Crippen LogP contribution in [0.5, 0.6) is 0 Å². The van der Waals surface area contributed by atoms with Gasteiger partial charge in [0.2, 0.25) is 0 Å². The Balaban J connectivity index is 1.60. The van der Waals surface area contributed by atoms with E-state index in [0.717, 1.165) is 58.6 Å². The summed E-state index contributed by atoms with van der Waals surface area (Å²) in [6.45, 7) is 9.68. The average molecular weight is 494 g/mol. The number of carbonyl (C=O) groups excluding carboxylic acids is 1. The minimum Gasteiger partial charge on any atom is -0.348 e. The fraction of sp³-hybridized carbons (Fsp3) is 0.407. The number of aryl methyl sites for hydroxylation is 1. The molecule has 0 saturated carbocycles. The van der Waals surface area contributed by atoms with Gasteiger partial charge in [-0.15, -0.1) is 0 Å². The summed E-state index contributed by atoms with van der Waals surface area (Å²) in [7, 11) is 0. The molecule has 1 aliphatic rings. The minimum absolute atomic E-state index is 0.0418. The van der Waals surface area contributed by atoms with E-state index in [-0.39, 0.29) is 11.9 Å². The topological polar surface area (TPSA) is 45.2 Å². The van der Waals surface area contributed by atoms with Crippen molar-refractivity contribution >= 4 is 32.7 Å². The molecule has 1 saturated heterocycles. The van der Waals surface area contributed by atoms with Crippen molar-refractivity contribution in [3.05, 3.63) is 64.1 Å². The van der Waals surface area contributed by atoms with Gasteiger partial charge < -0.3 is 10.2 Å². The van der Waals surface area contributed by atoms with Gasteiger partial charge in [0.25, 0.3) is 5.91 Å². The predicted molar refractivity (Wildman–Crippen MR) is 136 cm³/mol. The first-order valence-corrected chi connectivity index (χ1v) is 12.4. The third kappa shape index (κ3) is 5.38. The molecule has 1 fully saturated rings. The first kappa shape index (κ1) is 22.9. The monoisotopic (exact) mass is 493 g/mol. The molecule has 168 valence electrons. The van der Waals surface area contributed by atoms with E-state index in [1.807, 2.05) is 24.3 Å². The maximum Gasteiger partial charge on any atom is 0.252 e. The third-order valence-electron chi connectivity index (χ3n) is 6.46. The van der Waals surface area contributed by atoms with Gasteiger partial charge in [-0.05, 0) is 75.0 Å². The van der Waals surface area contributed by atoms with Crippen LogP contribution in [-0.4, -0.2) is 41.5 Å². The first-order chi connectivity index (χ1) is 15.4. The summed E-state index contributed by atoms with van der Waals surface area (Å²) in [5, 5.41) is 4.11. The van der Waals surface area contributed by atoms with Crippen molar-refractivity contribution in [3.8, 4) is 11.3 Å². The fourth-order valence-electron chi connectivity index (χ4n) is 4.42. The molecule has 4 nitrogen and oxygen atoms in total. The summed E-state index contributed by atoms with van der Waals surface area (Å²) in [6, 6.07) is 16.4. The quantitative estimate of drug-likeness (QED) is 0.452. The van der Waals surface area contributed by atoms with Crippen LogP contribution < -0.4 is 5.32 Å². The highest BCUT2D eigenvalue weighted by Crippen LogP contribution is 2.28. The molecule has 0 unspecified atom stereocenters. The number of nitrogens with one attached hydrogen (secondary N) is 1. The molecule has 0 bridgehead atoms. The highest BCUT2D eigenvalue weighted by Gasteiger charge is 2.20. The number of carbonyl (C=O) groups is 1. The van der Waals surface area contributed by atoms with Crippen LogP contribution in [-0.2, 0) is 6.42 Å². The van der Waals surface area contributed by atoms with Crippen molar-refractivity contribution in [2.24, 2.45) is 5.92 Å².